The predicted molar refractivity (Wildman–Crippen MR) is 40.1 cm³/mol. The van der Waals surface area contributed by atoms with Gasteiger partial charge in [-0.05, 0) is 0 Å². The molecule has 0 radical (unpaired) electrons. The lowest BCUT2D eigenvalue weighted by atomic mass is 10.2. The summed E-state index contributed by atoms with van der Waals surface area (Å²) in [6, 6.07) is 0. The highest BCUT2D eigenvalue weighted by Crippen LogP contribution is 2.21. The number of likely N-dealkylation sites (tertiary alicyclic amines) is 1. The highest BCUT2D eigenvalue weighted by atomic mass is 19.0. The minimum Gasteiger partial charge on any atom is -1.00 e. The molecule has 1 aliphatic heterocycles. The minimum atomic E-state index is 0. The maximum absolute atomic E-state index is 3.92. The van der Waals surface area contributed by atoms with E-state index in [1.165, 1.54) is 11.1 Å². The molecular formula is C8H14FN. The summed E-state index contributed by atoms with van der Waals surface area (Å²) < 4.78 is 1.03. The maximum Gasteiger partial charge on any atom is 0.104 e. The summed E-state index contributed by atoms with van der Waals surface area (Å²) in [7, 11) is 4.40. The van der Waals surface area contributed by atoms with E-state index in [1.54, 1.807) is 0 Å². The number of nitrogens with zero attached hydrogens (tertiary/aromatic N) is 1. The largest absolute Gasteiger partial charge is 1.00 e. The molecule has 0 spiro atoms. The van der Waals surface area contributed by atoms with E-state index < -0.39 is 0 Å². The maximum atomic E-state index is 3.92. The van der Waals surface area contributed by atoms with Gasteiger partial charge in [-0.1, -0.05) is 13.2 Å². The molecule has 0 amide bonds. The first-order valence-electron chi connectivity index (χ1n) is 3.19. The fourth-order valence-corrected chi connectivity index (χ4v) is 1.31. The first kappa shape index (κ1) is 9.37. The van der Waals surface area contributed by atoms with Crippen LogP contribution in [0.5, 0.6) is 0 Å². The first-order chi connectivity index (χ1) is 4.01. The van der Waals surface area contributed by atoms with E-state index in [2.05, 4.69) is 27.3 Å². The number of quaternary nitrogens is 1. The molecule has 0 aliphatic carbocycles. The third-order valence-electron chi connectivity index (χ3n) is 1.74. The van der Waals surface area contributed by atoms with Gasteiger partial charge in [0.15, 0.2) is 0 Å². The third-order valence-corrected chi connectivity index (χ3v) is 1.74. The molecule has 2 heteroatoms. The van der Waals surface area contributed by atoms with Crippen molar-refractivity contribution in [3.8, 4) is 0 Å². The van der Waals surface area contributed by atoms with Crippen LogP contribution in [0.2, 0.25) is 0 Å². The number of likely N-dealkylation sites (N-methyl/N-ethyl adjacent to an activating group) is 1. The van der Waals surface area contributed by atoms with E-state index in [0.29, 0.717) is 0 Å². The van der Waals surface area contributed by atoms with E-state index in [4.69, 9.17) is 0 Å². The molecule has 0 aromatic heterocycles. The number of halogens is 1. The molecule has 0 bridgehead atoms. The van der Waals surface area contributed by atoms with Crippen LogP contribution in [0, 0.1) is 0 Å². The Bertz CT molecular complexity index is 152. The van der Waals surface area contributed by atoms with Gasteiger partial charge in [0, 0.05) is 11.1 Å². The van der Waals surface area contributed by atoms with Gasteiger partial charge < -0.3 is 9.19 Å². The minimum absolute atomic E-state index is 0. The van der Waals surface area contributed by atoms with Crippen LogP contribution in [-0.4, -0.2) is 31.7 Å². The molecule has 10 heavy (non-hydrogen) atoms. The Balaban J connectivity index is 0.000000810. The summed E-state index contributed by atoms with van der Waals surface area (Å²) in [6.45, 7) is 9.97. The van der Waals surface area contributed by atoms with Gasteiger partial charge in [-0.25, -0.2) is 0 Å². The second-order valence-electron chi connectivity index (χ2n) is 3.46. The predicted octanol–water partition coefficient (Wildman–Crippen LogP) is -1.81. The lowest BCUT2D eigenvalue weighted by Crippen LogP contribution is -3.00. The summed E-state index contributed by atoms with van der Waals surface area (Å²) in [5, 5.41) is 0. The summed E-state index contributed by atoms with van der Waals surface area (Å²) in [5.41, 5.74) is 2.44. The highest BCUT2D eigenvalue weighted by molar-refractivity contribution is 5.28. The van der Waals surface area contributed by atoms with Crippen molar-refractivity contribution in [3.05, 3.63) is 24.3 Å². The standard InChI is InChI=1S/C8H14N.FH/c1-7-5-9(3,4)6-8(7)2;/h1-2,5-6H2,3-4H3;1H/q+1;/p-1. The second kappa shape index (κ2) is 2.54. The average molecular weight is 143 g/mol. The van der Waals surface area contributed by atoms with Gasteiger partial charge in [0.05, 0.1) is 14.1 Å². The molecule has 0 saturated carbocycles. The van der Waals surface area contributed by atoms with Crippen LogP contribution >= 0.6 is 0 Å². The fraction of sp³-hybridized carbons (Fsp3) is 0.500. The van der Waals surface area contributed by atoms with E-state index in [0.717, 1.165) is 17.6 Å². The monoisotopic (exact) mass is 143 g/mol. The van der Waals surface area contributed by atoms with Crippen LogP contribution in [0.15, 0.2) is 24.3 Å². The Morgan fingerprint density at radius 2 is 1.40 bits per heavy atom. The molecule has 1 nitrogen and oxygen atoms in total. The van der Waals surface area contributed by atoms with Crippen molar-refractivity contribution in [2.45, 2.75) is 0 Å². The van der Waals surface area contributed by atoms with E-state index in [1.807, 2.05) is 0 Å². The van der Waals surface area contributed by atoms with Gasteiger partial charge in [0.1, 0.15) is 13.1 Å². The van der Waals surface area contributed by atoms with Gasteiger partial charge in [-0.3, -0.25) is 0 Å². The van der Waals surface area contributed by atoms with E-state index in [9.17, 15) is 0 Å². The van der Waals surface area contributed by atoms with Crippen molar-refractivity contribution < 1.29 is 9.19 Å². The van der Waals surface area contributed by atoms with Crippen LogP contribution in [0.4, 0.5) is 0 Å². The molecule has 58 valence electrons. The van der Waals surface area contributed by atoms with Gasteiger partial charge >= 0.3 is 0 Å². The number of rotatable bonds is 0. The normalized spacial score (nSPS) is 22.6. The molecule has 1 aliphatic rings. The Labute approximate surface area is 61.6 Å². The smallest absolute Gasteiger partial charge is 0.104 e. The van der Waals surface area contributed by atoms with Crippen molar-refractivity contribution in [2.75, 3.05) is 27.2 Å². The zero-order valence-electron chi connectivity index (χ0n) is 6.65. The number of hydrogen-bond donors (Lipinski definition) is 0. The highest BCUT2D eigenvalue weighted by Gasteiger charge is 2.27. The molecule has 1 saturated heterocycles. The van der Waals surface area contributed by atoms with Gasteiger partial charge in [-0.15, -0.1) is 0 Å². The second-order valence-corrected chi connectivity index (χ2v) is 3.46. The molecule has 0 aromatic carbocycles. The molecule has 0 unspecified atom stereocenters. The third kappa shape index (κ3) is 1.67. The van der Waals surface area contributed by atoms with Gasteiger partial charge in [0.2, 0.25) is 0 Å². The van der Waals surface area contributed by atoms with Crippen LogP contribution in [-0.2, 0) is 0 Å². The Morgan fingerprint density at radius 1 is 1.10 bits per heavy atom. The summed E-state index contributed by atoms with van der Waals surface area (Å²) in [6.07, 6.45) is 0. The van der Waals surface area contributed by atoms with Crippen LogP contribution in [0.1, 0.15) is 0 Å². The molecule has 0 atom stereocenters. The Hall–Kier alpha value is -0.630. The molecule has 1 rings (SSSR count). The van der Waals surface area contributed by atoms with E-state index >= 15 is 0 Å². The summed E-state index contributed by atoms with van der Waals surface area (Å²) >= 11 is 0. The molecule has 0 N–H and O–H groups in total. The van der Waals surface area contributed by atoms with Gasteiger partial charge in [-0.2, -0.15) is 0 Å². The quantitative estimate of drug-likeness (QED) is 0.351. The van der Waals surface area contributed by atoms with Crippen molar-refractivity contribution >= 4 is 0 Å². The molecule has 1 fully saturated rings. The van der Waals surface area contributed by atoms with Crippen molar-refractivity contribution in [1.29, 1.82) is 0 Å². The molecule has 1 heterocycles. The molecule has 0 aromatic rings. The Morgan fingerprint density at radius 3 is 1.50 bits per heavy atom. The Kier molecular flexibility index (Phi) is 2.38. The summed E-state index contributed by atoms with van der Waals surface area (Å²) in [4.78, 5) is 0. The van der Waals surface area contributed by atoms with Crippen LogP contribution in [0.25, 0.3) is 0 Å². The van der Waals surface area contributed by atoms with Crippen molar-refractivity contribution in [3.63, 3.8) is 0 Å². The lowest BCUT2D eigenvalue weighted by Gasteiger charge is -2.21. The zero-order valence-corrected chi connectivity index (χ0v) is 6.65. The van der Waals surface area contributed by atoms with Crippen molar-refractivity contribution in [2.24, 2.45) is 0 Å². The molecular weight excluding hydrogens is 129 g/mol. The van der Waals surface area contributed by atoms with Crippen LogP contribution in [0.3, 0.4) is 0 Å². The zero-order chi connectivity index (χ0) is 7.07. The number of hydrogen-bond acceptors (Lipinski definition) is 0. The van der Waals surface area contributed by atoms with E-state index in [-0.39, 0.29) is 4.70 Å². The average Bonchev–Trinajstić information content (AvgIpc) is 1.79. The SMILES string of the molecule is C=C1C[N+](C)(C)CC1=C.[F-]. The fourth-order valence-electron chi connectivity index (χ4n) is 1.31. The van der Waals surface area contributed by atoms with Crippen molar-refractivity contribution in [1.82, 2.24) is 0 Å². The summed E-state index contributed by atoms with van der Waals surface area (Å²) in [5.74, 6) is 0. The first-order valence-corrected chi connectivity index (χ1v) is 3.19. The van der Waals surface area contributed by atoms with Gasteiger partial charge in [0.25, 0.3) is 0 Å². The topological polar surface area (TPSA) is 0 Å². The lowest BCUT2D eigenvalue weighted by molar-refractivity contribution is -0.872. The van der Waals surface area contributed by atoms with Crippen LogP contribution < -0.4 is 4.70 Å².